The third kappa shape index (κ3) is 3.99. The van der Waals surface area contributed by atoms with E-state index in [0.717, 1.165) is 12.1 Å². The number of aromatic amines is 1. The Bertz CT molecular complexity index is 1390. The van der Waals surface area contributed by atoms with Gasteiger partial charge in [-0.25, -0.2) is 8.78 Å². The van der Waals surface area contributed by atoms with E-state index in [1.807, 2.05) is 0 Å². The number of hydrogen-bond acceptors (Lipinski definition) is 3. The number of halogens is 2. The topological polar surface area (TPSA) is 76.1 Å². The summed E-state index contributed by atoms with van der Waals surface area (Å²) in [6.45, 7) is 3.56. The summed E-state index contributed by atoms with van der Waals surface area (Å²) < 4.78 is 34.8. The second-order valence-electron chi connectivity index (χ2n) is 7.76. The van der Waals surface area contributed by atoms with Gasteiger partial charge in [0.05, 0.1) is 0 Å². The quantitative estimate of drug-likeness (QED) is 0.451. The summed E-state index contributed by atoms with van der Waals surface area (Å²) >= 11 is 0. The zero-order valence-corrected chi connectivity index (χ0v) is 17.7. The molecule has 2 heterocycles. The highest BCUT2D eigenvalue weighted by molar-refractivity contribution is 5.98. The highest BCUT2D eigenvalue weighted by Crippen LogP contribution is 2.39. The predicted octanol–water partition coefficient (Wildman–Crippen LogP) is 5.20. The molecule has 1 amide bonds. The van der Waals surface area contributed by atoms with Gasteiger partial charge in [0, 0.05) is 53.6 Å². The maximum Gasteiger partial charge on any atom is 0.274 e. The molecule has 0 fully saturated rings. The molecule has 0 atom stereocenters. The lowest BCUT2D eigenvalue weighted by molar-refractivity contribution is -0.118. The van der Waals surface area contributed by atoms with Gasteiger partial charge in [0.15, 0.2) is 11.6 Å². The molecule has 0 saturated heterocycles. The number of amides is 1. The molecule has 4 aromatic rings. The summed E-state index contributed by atoms with van der Waals surface area (Å²) in [5.74, 6) is -1.83. The van der Waals surface area contributed by atoms with Crippen molar-refractivity contribution >= 4 is 22.5 Å². The molecule has 8 heteroatoms. The van der Waals surface area contributed by atoms with E-state index in [-0.39, 0.29) is 28.9 Å². The first kappa shape index (κ1) is 21.3. The summed E-state index contributed by atoms with van der Waals surface area (Å²) in [7, 11) is 1.62. The van der Waals surface area contributed by atoms with E-state index in [1.54, 1.807) is 57.6 Å². The molecule has 0 saturated carbocycles. The van der Waals surface area contributed by atoms with Crippen LogP contribution in [0.4, 0.5) is 14.5 Å². The molecule has 0 radical (unpaired) electrons. The molecular formula is C24H21F2N3O3. The summed E-state index contributed by atoms with van der Waals surface area (Å²) in [6, 6.07) is 9.73. The smallest absolute Gasteiger partial charge is 0.274 e. The predicted molar refractivity (Wildman–Crippen MR) is 119 cm³/mol. The zero-order chi connectivity index (χ0) is 23.0. The fourth-order valence-electron chi connectivity index (χ4n) is 3.35. The highest BCUT2D eigenvalue weighted by atomic mass is 19.1. The van der Waals surface area contributed by atoms with Crippen molar-refractivity contribution in [2.45, 2.75) is 13.8 Å². The number of hydrogen-bond donors (Lipinski definition) is 2. The van der Waals surface area contributed by atoms with Gasteiger partial charge in [0.25, 0.3) is 5.56 Å². The maximum atomic E-state index is 14.3. The summed E-state index contributed by atoms with van der Waals surface area (Å²) in [4.78, 5) is 27.6. The van der Waals surface area contributed by atoms with E-state index in [1.165, 1.54) is 10.6 Å². The van der Waals surface area contributed by atoms with Crippen LogP contribution >= 0.6 is 0 Å². The van der Waals surface area contributed by atoms with Crippen molar-refractivity contribution < 1.29 is 18.3 Å². The molecule has 2 aromatic carbocycles. The van der Waals surface area contributed by atoms with Gasteiger partial charge in [-0.15, -0.1) is 0 Å². The maximum absolute atomic E-state index is 14.3. The minimum atomic E-state index is -0.847. The summed E-state index contributed by atoms with van der Waals surface area (Å²) in [5.41, 5.74) is 1.88. The van der Waals surface area contributed by atoms with Crippen LogP contribution in [0.2, 0.25) is 0 Å². The fourth-order valence-corrected chi connectivity index (χ4v) is 3.35. The number of carbonyl (C=O) groups excluding carboxylic acids is 1. The molecule has 0 bridgehead atoms. The SMILES string of the molecule is CC(C)C(=O)Nc1ccc(Oc2ccc(F)cc2F)c(-c2cn(C)c(=O)c3[nH]ccc23)c1. The number of pyridine rings is 1. The van der Waals surface area contributed by atoms with Gasteiger partial charge in [-0.3, -0.25) is 9.59 Å². The van der Waals surface area contributed by atoms with Gasteiger partial charge >= 0.3 is 0 Å². The Hall–Kier alpha value is -3.94. The molecule has 0 aliphatic rings. The largest absolute Gasteiger partial charge is 0.454 e. The van der Waals surface area contributed by atoms with Crippen molar-refractivity contribution in [3.05, 3.63) is 76.8 Å². The van der Waals surface area contributed by atoms with E-state index in [2.05, 4.69) is 10.3 Å². The first-order chi connectivity index (χ1) is 15.2. The third-order valence-electron chi connectivity index (χ3n) is 5.07. The number of nitrogens with zero attached hydrogens (tertiary/aromatic N) is 1. The monoisotopic (exact) mass is 437 g/mol. The molecule has 0 aliphatic heterocycles. The van der Waals surface area contributed by atoms with Crippen LogP contribution < -0.4 is 15.6 Å². The van der Waals surface area contributed by atoms with Gasteiger partial charge in [-0.05, 0) is 36.4 Å². The lowest BCUT2D eigenvalue weighted by Gasteiger charge is -2.16. The molecule has 2 N–H and O–H groups in total. The van der Waals surface area contributed by atoms with Gasteiger partial charge in [-0.1, -0.05) is 13.8 Å². The average Bonchev–Trinajstić information content (AvgIpc) is 3.24. The van der Waals surface area contributed by atoms with E-state index in [9.17, 15) is 18.4 Å². The van der Waals surface area contributed by atoms with Crippen molar-refractivity contribution in [3.63, 3.8) is 0 Å². The number of fused-ring (bicyclic) bond motifs is 1. The Morgan fingerprint density at radius 1 is 1.06 bits per heavy atom. The standard InChI is InChI=1S/C24H21F2N3O3/c1-13(2)23(30)28-15-5-7-20(32-21-6-4-14(25)10-19(21)26)17(11-15)18-12-29(3)24(31)22-16(18)8-9-27-22/h4-13,27H,1-3H3,(H,28,30). The minimum Gasteiger partial charge on any atom is -0.454 e. The first-order valence-electron chi connectivity index (χ1n) is 9.99. The number of aryl methyl sites for hydroxylation is 1. The van der Waals surface area contributed by atoms with E-state index in [4.69, 9.17) is 4.74 Å². The van der Waals surface area contributed by atoms with Crippen LogP contribution in [0, 0.1) is 17.6 Å². The second kappa shape index (κ2) is 8.30. The van der Waals surface area contributed by atoms with Crippen molar-refractivity contribution in [2.24, 2.45) is 13.0 Å². The van der Waals surface area contributed by atoms with Crippen molar-refractivity contribution in [2.75, 3.05) is 5.32 Å². The van der Waals surface area contributed by atoms with Gasteiger partial charge in [0.2, 0.25) is 5.91 Å². The first-order valence-corrected chi connectivity index (χ1v) is 9.99. The number of aromatic nitrogens is 2. The lowest BCUT2D eigenvalue weighted by Crippen LogP contribution is -2.18. The van der Waals surface area contributed by atoms with Crippen LogP contribution in [0.3, 0.4) is 0 Å². The highest BCUT2D eigenvalue weighted by Gasteiger charge is 2.18. The van der Waals surface area contributed by atoms with Gasteiger partial charge in [0.1, 0.15) is 17.1 Å². The number of benzene rings is 2. The Morgan fingerprint density at radius 3 is 2.53 bits per heavy atom. The van der Waals surface area contributed by atoms with Gasteiger partial charge in [-0.2, -0.15) is 0 Å². The number of ether oxygens (including phenoxy) is 1. The fraction of sp³-hybridized carbons (Fsp3) is 0.167. The van der Waals surface area contributed by atoms with Crippen molar-refractivity contribution in [1.82, 2.24) is 9.55 Å². The van der Waals surface area contributed by atoms with Crippen LogP contribution in [-0.2, 0) is 11.8 Å². The Morgan fingerprint density at radius 2 is 1.81 bits per heavy atom. The van der Waals surface area contributed by atoms with Crippen LogP contribution in [0.1, 0.15) is 13.8 Å². The molecule has 164 valence electrons. The summed E-state index contributed by atoms with van der Waals surface area (Å²) in [5, 5.41) is 3.48. The molecule has 4 rings (SSSR count). The second-order valence-corrected chi connectivity index (χ2v) is 7.76. The van der Waals surface area contributed by atoms with Crippen LogP contribution in [0.5, 0.6) is 11.5 Å². The minimum absolute atomic E-state index is 0.151. The Labute approximate surface area is 182 Å². The lowest BCUT2D eigenvalue weighted by atomic mass is 10.0. The zero-order valence-electron chi connectivity index (χ0n) is 17.7. The number of carbonyl (C=O) groups is 1. The molecule has 0 aliphatic carbocycles. The number of rotatable bonds is 5. The average molecular weight is 437 g/mol. The van der Waals surface area contributed by atoms with E-state index >= 15 is 0 Å². The van der Waals surface area contributed by atoms with Crippen molar-refractivity contribution in [1.29, 1.82) is 0 Å². The number of H-pyrrole nitrogens is 1. The normalized spacial score (nSPS) is 11.2. The van der Waals surface area contributed by atoms with Crippen LogP contribution in [0.25, 0.3) is 22.0 Å². The molecule has 32 heavy (non-hydrogen) atoms. The van der Waals surface area contributed by atoms with E-state index < -0.39 is 11.6 Å². The molecule has 0 unspecified atom stereocenters. The number of anilines is 1. The molecular weight excluding hydrogens is 416 g/mol. The number of nitrogens with one attached hydrogen (secondary N) is 2. The van der Waals surface area contributed by atoms with Crippen LogP contribution in [0.15, 0.2) is 59.7 Å². The van der Waals surface area contributed by atoms with E-state index in [0.29, 0.717) is 27.7 Å². The Kier molecular flexibility index (Phi) is 5.52. The van der Waals surface area contributed by atoms with Crippen molar-refractivity contribution in [3.8, 4) is 22.6 Å². The van der Waals surface area contributed by atoms with Gasteiger partial charge < -0.3 is 19.6 Å². The van der Waals surface area contributed by atoms with Crippen LogP contribution in [-0.4, -0.2) is 15.5 Å². The molecule has 0 spiro atoms. The summed E-state index contributed by atoms with van der Waals surface area (Å²) in [6.07, 6.45) is 3.30. The molecule has 2 aromatic heterocycles. The molecule has 6 nitrogen and oxygen atoms in total. The third-order valence-corrected chi connectivity index (χ3v) is 5.07. The Balaban J connectivity index is 1.90.